The third-order valence-corrected chi connectivity index (χ3v) is 5.20. The molecule has 0 atom stereocenters. The van der Waals surface area contributed by atoms with E-state index in [1.807, 2.05) is 0 Å². The maximum absolute atomic E-state index is 3.74. The Morgan fingerprint density at radius 2 is 1.52 bits per heavy atom. The Morgan fingerprint density at radius 1 is 0.762 bits per heavy atom. The third-order valence-electron chi connectivity index (χ3n) is 4.05. The summed E-state index contributed by atoms with van der Waals surface area (Å²) in [5.41, 5.74) is 8.13. The molecule has 3 aromatic carbocycles. The van der Waals surface area contributed by atoms with E-state index in [9.17, 15) is 0 Å². The Labute approximate surface area is 141 Å². The number of benzene rings is 3. The molecule has 2 heteroatoms. The molecule has 4 rings (SSSR count). The maximum Gasteiger partial charge on any atom is 0.0257 e. The van der Waals surface area contributed by atoms with Gasteiger partial charge in [0.15, 0.2) is 0 Å². The lowest BCUT2D eigenvalue weighted by Crippen LogP contribution is -1.89. The Kier molecular flexibility index (Phi) is 3.24. The molecule has 0 aromatic heterocycles. The van der Waals surface area contributed by atoms with Crippen molar-refractivity contribution < 1.29 is 0 Å². The summed E-state index contributed by atoms with van der Waals surface area (Å²) in [4.78, 5) is 0. The lowest BCUT2D eigenvalue weighted by molar-refractivity contribution is 1.25. The van der Waals surface area contributed by atoms with Gasteiger partial charge in [-0.15, -0.1) is 0 Å². The highest BCUT2D eigenvalue weighted by atomic mass is 79.9. The highest BCUT2D eigenvalue weighted by Crippen LogP contribution is 2.45. The largest absolute Gasteiger partial charge is 0.0622 e. The van der Waals surface area contributed by atoms with Crippen LogP contribution in [0.15, 0.2) is 69.6 Å². The third kappa shape index (κ3) is 2.18. The van der Waals surface area contributed by atoms with Gasteiger partial charge in [0.2, 0.25) is 0 Å². The Hall–Kier alpha value is -1.38. The first-order valence-electron chi connectivity index (χ1n) is 6.89. The van der Waals surface area contributed by atoms with Crippen LogP contribution in [0.5, 0.6) is 0 Å². The van der Waals surface area contributed by atoms with E-state index >= 15 is 0 Å². The SMILES string of the molecule is Brc1ccc2c(c1)Cc1c-2ccc(Br)c1-c1ccccc1. The van der Waals surface area contributed by atoms with Crippen LogP contribution in [0, 0.1) is 0 Å². The van der Waals surface area contributed by atoms with Gasteiger partial charge < -0.3 is 0 Å². The van der Waals surface area contributed by atoms with Crippen molar-refractivity contribution >= 4 is 31.9 Å². The van der Waals surface area contributed by atoms with Crippen LogP contribution in [0.25, 0.3) is 22.3 Å². The number of hydrogen-bond donors (Lipinski definition) is 0. The molecule has 0 bridgehead atoms. The molecule has 21 heavy (non-hydrogen) atoms. The minimum Gasteiger partial charge on any atom is -0.0622 e. The molecule has 1 aliphatic rings. The molecule has 0 aliphatic heterocycles. The van der Waals surface area contributed by atoms with Crippen molar-refractivity contribution in [2.45, 2.75) is 6.42 Å². The quantitative estimate of drug-likeness (QED) is 0.345. The van der Waals surface area contributed by atoms with Crippen molar-refractivity contribution in [1.29, 1.82) is 0 Å². The van der Waals surface area contributed by atoms with Crippen LogP contribution in [-0.4, -0.2) is 0 Å². The highest BCUT2D eigenvalue weighted by Gasteiger charge is 2.23. The van der Waals surface area contributed by atoms with Crippen molar-refractivity contribution in [3.63, 3.8) is 0 Å². The van der Waals surface area contributed by atoms with Gasteiger partial charge in [0, 0.05) is 14.5 Å². The molecule has 0 heterocycles. The van der Waals surface area contributed by atoms with E-state index in [1.165, 1.54) is 37.9 Å². The molecule has 102 valence electrons. The number of halogens is 2. The predicted molar refractivity (Wildman–Crippen MR) is 95.5 cm³/mol. The summed E-state index contributed by atoms with van der Waals surface area (Å²) in [5.74, 6) is 0. The van der Waals surface area contributed by atoms with Crippen molar-refractivity contribution in [1.82, 2.24) is 0 Å². The van der Waals surface area contributed by atoms with E-state index in [0.29, 0.717) is 0 Å². The van der Waals surface area contributed by atoms with Crippen molar-refractivity contribution in [3.05, 3.63) is 80.7 Å². The van der Waals surface area contributed by atoms with Crippen LogP contribution in [0.1, 0.15) is 11.1 Å². The van der Waals surface area contributed by atoms with Crippen LogP contribution in [0.3, 0.4) is 0 Å². The van der Waals surface area contributed by atoms with E-state index < -0.39 is 0 Å². The zero-order chi connectivity index (χ0) is 14.4. The number of fused-ring (bicyclic) bond motifs is 3. The Morgan fingerprint density at radius 3 is 2.33 bits per heavy atom. The standard InChI is InChI=1S/C19H12Br2/c20-14-6-7-15-13(10-14)11-17-16(15)8-9-18(21)19(17)12-4-2-1-3-5-12/h1-10H,11H2. The predicted octanol–water partition coefficient (Wildman–Crippen LogP) is 6.45. The van der Waals surface area contributed by atoms with Crippen LogP contribution in [-0.2, 0) is 6.42 Å². The first-order valence-corrected chi connectivity index (χ1v) is 8.48. The first kappa shape index (κ1) is 13.3. The van der Waals surface area contributed by atoms with Crippen LogP contribution in [0.2, 0.25) is 0 Å². The summed E-state index contributed by atoms with van der Waals surface area (Å²) in [7, 11) is 0. The average Bonchev–Trinajstić information content (AvgIpc) is 2.85. The molecular formula is C19H12Br2. The van der Waals surface area contributed by atoms with Crippen LogP contribution < -0.4 is 0 Å². The second-order valence-corrected chi connectivity index (χ2v) is 7.06. The number of rotatable bonds is 1. The van der Waals surface area contributed by atoms with Gasteiger partial charge in [-0.1, -0.05) is 74.3 Å². The van der Waals surface area contributed by atoms with Gasteiger partial charge in [-0.3, -0.25) is 0 Å². The summed E-state index contributed by atoms with van der Waals surface area (Å²) < 4.78 is 2.31. The average molecular weight is 400 g/mol. The van der Waals surface area contributed by atoms with Crippen molar-refractivity contribution in [2.75, 3.05) is 0 Å². The van der Waals surface area contributed by atoms with Crippen molar-refractivity contribution in [2.24, 2.45) is 0 Å². The van der Waals surface area contributed by atoms with Gasteiger partial charge in [-0.05, 0) is 52.4 Å². The van der Waals surface area contributed by atoms with Gasteiger partial charge >= 0.3 is 0 Å². The van der Waals surface area contributed by atoms with E-state index in [0.717, 1.165) is 10.9 Å². The van der Waals surface area contributed by atoms with Crippen LogP contribution >= 0.6 is 31.9 Å². The minimum atomic E-state index is 0.994. The lowest BCUT2D eigenvalue weighted by Gasteiger charge is -2.11. The zero-order valence-corrected chi connectivity index (χ0v) is 14.4. The second-order valence-electron chi connectivity index (χ2n) is 5.29. The summed E-state index contributed by atoms with van der Waals surface area (Å²) in [6.45, 7) is 0. The van der Waals surface area contributed by atoms with Gasteiger partial charge in [0.05, 0.1) is 0 Å². The molecule has 0 fully saturated rings. The smallest absolute Gasteiger partial charge is 0.0257 e. The highest BCUT2D eigenvalue weighted by molar-refractivity contribution is 9.10. The molecule has 0 amide bonds. The molecule has 0 radical (unpaired) electrons. The lowest BCUT2D eigenvalue weighted by atomic mass is 9.96. The fraction of sp³-hybridized carbons (Fsp3) is 0.0526. The minimum absolute atomic E-state index is 0.994. The van der Waals surface area contributed by atoms with Gasteiger partial charge in [0.25, 0.3) is 0 Å². The van der Waals surface area contributed by atoms with E-state index in [2.05, 4.69) is 92.5 Å². The van der Waals surface area contributed by atoms with E-state index in [1.54, 1.807) is 0 Å². The van der Waals surface area contributed by atoms with Crippen LogP contribution in [0.4, 0.5) is 0 Å². The summed E-state index contributed by atoms with van der Waals surface area (Å²) in [5, 5.41) is 0. The molecule has 0 spiro atoms. The topological polar surface area (TPSA) is 0 Å². The monoisotopic (exact) mass is 398 g/mol. The zero-order valence-electron chi connectivity index (χ0n) is 11.2. The van der Waals surface area contributed by atoms with E-state index in [-0.39, 0.29) is 0 Å². The molecule has 0 nitrogen and oxygen atoms in total. The number of hydrogen-bond acceptors (Lipinski definition) is 0. The Balaban J connectivity index is 1.97. The molecule has 3 aromatic rings. The first-order chi connectivity index (χ1) is 10.2. The normalized spacial score (nSPS) is 12.1. The molecule has 0 N–H and O–H groups in total. The molecule has 1 aliphatic carbocycles. The van der Waals surface area contributed by atoms with Crippen molar-refractivity contribution in [3.8, 4) is 22.3 Å². The Bertz CT molecular complexity index is 836. The molecular weight excluding hydrogens is 388 g/mol. The fourth-order valence-electron chi connectivity index (χ4n) is 3.13. The maximum atomic E-state index is 3.74. The van der Waals surface area contributed by atoms with Gasteiger partial charge in [-0.2, -0.15) is 0 Å². The molecule has 0 saturated carbocycles. The fourth-order valence-corrected chi connectivity index (χ4v) is 4.14. The second kappa shape index (κ2) is 5.11. The van der Waals surface area contributed by atoms with Gasteiger partial charge in [0.1, 0.15) is 0 Å². The van der Waals surface area contributed by atoms with E-state index in [4.69, 9.17) is 0 Å². The van der Waals surface area contributed by atoms with Gasteiger partial charge in [-0.25, -0.2) is 0 Å². The summed E-state index contributed by atoms with van der Waals surface area (Å²) >= 11 is 7.31. The summed E-state index contributed by atoms with van der Waals surface area (Å²) in [6.07, 6.45) is 0.994. The molecule has 0 unspecified atom stereocenters. The summed E-state index contributed by atoms with van der Waals surface area (Å²) in [6, 6.07) is 21.6. The molecule has 0 saturated heterocycles.